The predicted molar refractivity (Wildman–Crippen MR) is 152 cm³/mol. The fourth-order valence-corrected chi connectivity index (χ4v) is 5.95. The summed E-state index contributed by atoms with van der Waals surface area (Å²) < 4.78 is 23.3. The summed E-state index contributed by atoms with van der Waals surface area (Å²) in [6, 6.07) is 26.1. The number of carbonyl (C=O) groups is 3. The van der Waals surface area contributed by atoms with Crippen molar-refractivity contribution in [3.05, 3.63) is 114 Å². The Hall–Kier alpha value is -4.47. The van der Waals surface area contributed by atoms with Crippen molar-refractivity contribution in [1.29, 1.82) is 0 Å². The molecule has 2 amide bonds. The molecular formula is C33H32N2O7. The van der Waals surface area contributed by atoms with Crippen LogP contribution in [0.2, 0.25) is 0 Å². The summed E-state index contributed by atoms with van der Waals surface area (Å²) in [4.78, 5) is 44.1. The molecule has 9 heteroatoms. The second-order valence-corrected chi connectivity index (χ2v) is 10.5. The maximum Gasteiger partial charge on any atom is 0.411 e. The fraction of sp³-hybridized carbons (Fsp3) is 0.303. The number of benzene rings is 3. The van der Waals surface area contributed by atoms with Gasteiger partial charge in [0.1, 0.15) is 25.4 Å². The van der Waals surface area contributed by atoms with Crippen LogP contribution in [0.3, 0.4) is 0 Å². The van der Waals surface area contributed by atoms with Crippen molar-refractivity contribution in [2.45, 2.75) is 56.7 Å². The zero-order chi connectivity index (χ0) is 29.3. The number of hydrogen-bond acceptors (Lipinski definition) is 7. The maximum absolute atomic E-state index is 14.2. The number of ether oxygens (including phenoxy) is 4. The van der Waals surface area contributed by atoms with E-state index in [1.807, 2.05) is 103 Å². The van der Waals surface area contributed by atoms with Gasteiger partial charge < -0.3 is 18.9 Å². The highest BCUT2D eigenvalue weighted by molar-refractivity contribution is 5.98. The van der Waals surface area contributed by atoms with Crippen LogP contribution in [-0.4, -0.2) is 64.6 Å². The minimum atomic E-state index is -1.86. The van der Waals surface area contributed by atoms with Crippen molar-refractivity contribution in [1.82, 2.24) is 9.80 Å². The number of β-lactam (4-membered cyclic amide) rings is 1. The van der Waals surface area contributed by atoms with E-state index in [4.69, 9.17) is 18.9 Å². The molecule has 0 aliphatic carbocycles. The second-order valence-electron chi connectivity index (χ2n) is 10.5. The molecule has 6 rings (SSSR count). The molecule has 0 radical (unpaired) electrons. The first kappa shape index (κ1) is 27.7. The standard InChI is InChI=1S/C33H32N2O7/c1-22-33(42-23(2)41-22,31(37)39-20-25-14-8-4-9-15-25)35-27(19-18-24-12-6-3-7-13-24)29(30(35)36)34-28(21-40-32(34)38)26-16-10-5-11-17-26/h3-19,22-23,27-29H,20-21H2,1-2H3/t22?,23?,27-,28-,29+,33?/m1/s1. The molecule has 216 valence electrons. The molecule has 0 N–H and O–H groups in total. The molecule has 3 aliphatic rings. The van der Waals surface area contributed by atoms with Crippen LogP contribution in [0, 0.1) is 0 Å². The first-order chi connectivity index (χ1) is 20.4. The van der Waals surface area contributed by atoms with E-state index < -0.39 is 54.2 Å². The SMILES string of the molecule is CC1OC(C)C(C(=O)OCc2ccccc2)(N2C(=O)[C@@H](N3C(=O)OC[C@@H]3c3ccccc3)[C@H]2C=Cc2ccccc2)O1. The van der Waals surface area contributed by atoms with Gasteiger partial charge in [0.2, 0.25) is 0 Å². The third-order valence-corrected chi connectivity index (χ3v) is 7.95. The summed E-state index contributed by atoms with van der Waals surface area (Å²) in [5.41, 5.74) is 0.670. The van der Waals surface area contributed by atoms with E-state index in [2.05, 4.69) is 0 Å². The Morgan fingerprint density at radius 2 is 1.60 bits per heavy atom. The Morgan fingerprint density at radius 3 is 2.24 bits per heavy atom. The number of carbonyl (C=O) groups excluding carboxylic acids is 3. The van der Waals surface area contributed by atoms with Gasteiger partial charge in [-0.05, 0) is 30.5 Å². The third kappa shape index (κ3) is 4.84. The molecule has 42 heavy (non-hydrogen) atoms. The van der Waals surface area contributed by atoms with E-state index in [0.717, 1.165) is 16.7 Å². The second kappa shape index (κ2) is 11.4. The van der Waals surface area contributed by atoms with Gasteiger partial charge in [0.05, 0.1) is 12.1 Å². The van der Waals surface area contributed by atoms with Crippen LogP contribution in [0.1, 0.15) is 36.6 Å². The number of amides is 2. The predicted octanol–water partition coefficient (Wildman–Crippen LogP) is 4.69. The van der Waals surface area contributed by atoms with Crippen molar-refractivity contribution in [3.8, 4) is 0 Å². The lowest BCUT2D eigenvalue weighted by molar-refractivity contribution is -0.226. The number of nitrogens with zero attached hydrogens (tertiary/aromatic N) is 2. The highest BCUT2D eigenvalue weighted by atomic mass is 16.8. The Labute approximate surface area is 244 Å². The minimum Gasteiger partial charge on any atom is -0.457 e. The summed E-state index contributed by atoms with van der Waals surface area (Å²) in [5, 5.41) is 0. The molecule has 6 atom stereocenters. The Balaban J connectivity index is 1.38. The number of likely N-dealkylation sites (tertiary alicyclic amines) is 1. The zero-order valence-corrected chi connectivity index (χ0v) is 23.4. The van der Waals surface area contributed by atoms with Gasteiger partial charge in [0.15, 0.2) is 6.29 Å². The molecule has 3 unspecified atom stereocenters. The third-order valence-electron chi connectivity index (χ3n) is 7.95. The Kier molecular flexibility index (Phi) is 7.53. The lowest BCUT2D eigenvalue weighted by Gasteiger charge is -2.55. The summed E-state index contributed by atoms with van der Waals surface area (Å²) in [7, 11) is 0. The molecule has 9 nitrogen and oxygen atoms in total. The van der Waals surface area contributed by atoms with Gasteiger partial charge in [-0.3, -0.25) is 14.6 Å². The van der Waals surface area contributed by atoms with E-state index in [1.54, 1.807) is 13.8 Å². The number of cyclic esters (lactones) is 1. The summed E-state index contributed by atoms with van der Waals surface area (Å²) >= 11 is 0. The van der Waals surface area contributed by atoms with Crippen LogP contribution in [-0.2, 0) is 35.1 Å². The van der Waals surface area contributed by atoms with Crippen molar-refractivity contribution in [2.75, 3.05) is 6.61 Å². The average molecular weight is 569 g/mol. The van der Waals surface area contributed by atoms with E-state index in [0.29, 0.717) is 0 Å². The van der Waals surface area contributed by atoms with Crippen molar-refractivity contribution in [3.63, 3.8) is 0 Å². The Bertz CT molecular complexity index is 1470. The average Bonchev–Trinajstić information content (AvgIpc) is 3.53. The van der Waals surface area contributed by atoms with Gasteiger partial charge in [-0.15, -0.1) is 0 Å². The smallest absolute Gasteiger partial charge is 0.411 e. The van der Waals surface area contributed by atoms with E-state index in [9.17, 15) is 14.4 Å². The summed E-state index contributed by atoms with van der Waals surface area (Å²) in [6.07, 6.45) is 1.47. The van der Waals surface area contributed by atoms with E-state index >= 15 is 0 Å². The molecule has 0 saturated carbocycles. The number of rotatable bonds is 8. The van der Waals surface area contributed by atoms with E-state index in [1.165, 1.54) is 9.80 Å². The van der Waals surface area contributed by atoms with Crippen LogP contribution >= 0.6 is 0 Å². The van der Waals surface area contributed by atoms with Gasteiger partial charge in [-0.1, -0.05) is 103 Å². The summed E-state index contributed by atoms with van der Waals surface area (Å²) in [5.74, 6) is -1.20. The normalized spacial score (nSPS) is 29.0. The molecule has 0 spiro atoms. The van der Waals surface area contributed by atoms with Crippen LogP contribution in [0.5, 0.6) is 0 Å². The molecule has 3 aromatic rings. The lowest BCUT2D eigenvalue weighted by Crippen LogP contribution is -2.79. The first-order valence-corrected chi connectivity index (χ1v) is 14.0. The highest BCUT2D eigenvalue weighted by Gasteiger charge is 2.69. The topological polar surface area (TPSA) is 94.6 Å². The number of hydrogen-bond donors (Lipinski definition) is 0. The van der Waals surface area contributed by atoms with Gasteiger partial charge in [-0.25, -0.2) is 9.59 Å². The van der Waals surface area contributed by atoms with E-state index in [-0.39, 0.29) is 13.2 Å². The monoisotopic (exact) mass is 568 g/mol. The molecule has 3 aliphatic heterocycles. The van der Waals surface area contributed by atoms with Crippen molar-refractivity contribution >= 4 is 24.0 Å². The molecule has 3 fully saturated rings. The van der Waals surface area contributed by atoms with Crippen LogP contribution in [0.4, 0.5) is 4.79 Å². The molecule has 3 saturated heterocycles. The van der Waals surface area contributed by atoms with Crippen molar-refractivity contribution in [2.24, 2.45) is 0 Å². The van der Waals surface area contributed by atoms with Crippen LogP contribution < -0.4 is 0 Å². The van der Waals surface area contributed by atoms with Gasteiger partial charge in [-0.2, -0.15) is 0 Å². The van der Waals surface area contributed by atoms with Gasteiger partial charge in [0.25, 0.3) is 11.6 Å². The fourth-order valence-electron chi connectivity index (χ4n) is 5.95. The van der Waals surface area contributed by atoms with Crippen LogP contribution in [0.25, 0.3) is 6.08 Å². The highest BCUT2D eigenvalue weighted by Crippen LogP contribution is 2.45. The first-order valence-electron chi connectivity index (χ1n) is 14.0. The molecule has 3 aromatic carbocycles. The number of esters is 1. The minimum absolute atomic E-state index is 0.00357. The maximum atomic E-state index is 14.2. The molecule has 3 heterocycles. The van der Waals surface area contributed by atoms with Crippen molar-refractivity contribution < 1.29 is 33.3 Å². The van der Waals surface area contributed by atoms with Gasteiger partial charge >= 0.3 is 12.1 Å². The van der Waals surface area contributed by atoms with Crippen LogP contribution in [0.15, 0.2) is 97.1 Å². The lowest BCUT2D eigenvalue weighted by atomic mass is 9.86. The zero-order valence-electron chi connectivity index (χ0n) is 23.4. The summed E-state index contributed by atoms with van der Waals surface area (Å²) in [6.45, 7) is 3.46. The quantitative estimate of drug-likeness (QED) is 0.287. The molecular weight excluding hydrogens is 536 g/mol. The van der Waals surface area contributed by atoms with Gasteiger partial charge in [0, 0.05) is 0 Å². The largest absolute Gasteiger partial charge is 0.457 e. The molecule has 0 bridgehead atoms. The Morgan fingerprint density at radius 1 is 0.952 bits per heavy atom. The molecule has 0 aromatic heterocycles.